The minimum absolute atomic E-state index is 0.237. The Labute approximate surface area is 161 Å². The maximum absolute atomic E-state index is 12.2. The fourth-order valence-corrected chi connectivity index (χ4v) is 2.71. The zero-order valence-corrected chi connectivity index (χ0v) is 15.5. The summed E-state index contributed by atoms with van der Waals surface area (Å²) in [6.45, 7) is 2.06. The van der Waals surface area contributed by atoms with Crippen LogP contribution >= 0.6 is 23.2 Å². The molecule has 2 aromatic carbocycles. The molecule has 3 aromatic rings. The number of carbonyl (C=O) groups excluding carboxylic acids is 1. The van der Waals surface area contributed by atoms with E-state index in [1.807, 2.05) is 30.3 Å². The summed E-state index contributed by atoms with van der Waals surface area (Å²) in [6, 6.07) is 14.8. The number of nitrogens with one attached hydrogen (secondary N) is 2. The molecule has 1 amide bonds. The number of hydrogen-bond donors (Lipinski definition) is 2. The van der Waals surface area contributed by atoms with Gasteiger partial charge in [-0.25, -0.2) is 0 Å². The molecule has 7 heteroatoms. The van der Waals surface area contributed by atoms with Gasteiger partial charge >= 0.3 is 0 Å². The van der Waals surface area contributed by atoms with Crippen LogP contribution in [0.5, 0.6) is 5.75 Å². The first-order valence-electron chi connectivity index (χ1n) is 8.01. The number of rotatable bonds is 6. The predicted molar refractivity (Wildman–Crippen MR) is 102 cm³/mol. The van der Waals surface area contributed by atoms with Crippen molar-refractivity contribution in [1.29, 1.82) is 0 Å². The Morgan fingerprint density at radius 1 is 1.19 bits per heavy atom. The fourth-order valence-electron chi connectivity index (χ4n) is 2.37. The van der Waals surface area contributed by atoms with Crippen LogP contribution in [0.15, 0.2) is 54.7 Å². The van der Waals surface area contributed by atoms with Crippen molar-refractivity contribution in [3.8, 4) is 17.0 Å². The van der Waals surface area contributed by atoms with Gasteiger partial charge in [-0.3, -0.25) is 9.89 Å². The van der Waals surface area contributed by atoms with E-state index in [4.69, 9.17) is 27.9 Å². The molecule has 0 saturated heterocycles. The summed E-state index contributed by atoms with van der Waals surface area (Å²) >= 11 is 12.0. The van der Waals surface area contributed by atoms with Crippen LogP contribution < -0.4 is 10.1 Å². The second-order valence-electron chi connectivity index (χ2n) is 5.70. The van der Waals surface area contributed by atoms with E-state index in [0.717, 1.165) is 16.8 Å². The van der Waals surface area contributed by atoms with E-state index in [2.05, 4.69) is 15.5 Å². The van der Waals surface area contributed by atoms with E-state index >= 15 is 0 Å². The van der Waals surface area contributed by atoms with Gasteiger partial charge in [0.05, 0.1) is 10.7 Å². The third-order valence-electron chi connectivity index (χ3n) is 3.82. The lowest BCUT2D eigenvalue weighted by atomic mass is 10.1. The van der Waals surface area contributed by atoms with Gasteiger partial charge in [0.1, 0.15) is 10.8 Å². The largest absolute Gasteiger partial charge is 0.479 e. The first-order valence-corrected chi connectivity index (χ1v) is 8.77. The Morgan fingerprint density at radius 2 is 1.96 bits per heavy atom. The Hall–Kier alpha value is -2.50. The number of halogens is 2. The summed E-state index contributed by atoms with van der Waals surface area (Å²) in [5, 5.41) is 10.4. The average Bonchev–Trinajstić information content (AvgIpc) is 3.18. The van der Waals surface area contributed by atoms with Crippen LogP contribution in [-0.4, -0.2) is 22.2 Å². The maximum Gasteiger partial charge on any atom is 0.261 e. The smallest absolute Gasteiger partial charge is 0.261 e. The minimum atomic E-state index is -0.699. The van der Waals surface area contributed by atoms with Gasteiger partial charge < -0.3 is 10.1 Å². The van der Waals surface area contributed by atoms with Crippen LogP contribution in [0, 0.1) is 0 Å². The zero-order chi connectivity index (χ0) is 18.5. The highest BCUT2D eigenvalue weighted by Gasteiger charge is 2.16. The van der Waals surface area contributed by atoms with Gasteiger partial charge in [0.15, 0.2) is 6.10 Å². The molecule has 1 heterocycles. The molecule has 1 unspecified atom stereocenters. The highest BCUT2D eigenvalue weighted by Crippen LogP contribution is 2.32. The predicted octanol–water partition coefficient (Wildman–Crippen LogP) is 4.47. The quantitative estimate of drug-likeness (QED) is 0.653. The molecule has 1 aromatic heterocycles. The highest BCUT2D eigenvalue weighted by molar-refractivity contribution is 6.42. The Morgan fingerprint density at radius 3 is 2.65 bits per heavy atom. The van der Waals surface area contributed by atoms with E-state index in [1.54, 1.807) is 31.3 Å². The van der Waals surface area contributed by atoms with Gasteiger partial charge in [0.2, 0.25) is 0 Å². The molecule has 134 valence electrons. The summed E-state index contributed by atoms with van der Waals surface area (Å²) in [6.07, 6.45) is 1.01. The molecule has 3 rings (SSSR count). The second kappa shape index (κ2) is 8.25. The van der Waals surface area contributed by atoms with Crippen LogP contribution in [0.4, 0.5) is 0 Å². The van der Waals surface area contributed by atoms with Crippen LogP contribution in [0.3, 0.4) is 0 Å². The molecule has 5 nitrogen and oxygen atoms in total. The summed E-state index contributed by atoms with van der Waals surface area (Å²) in [5.41, 5.74) is 2.96. The Bertz CT molecular complexity index is 880. The van der Waals surface area contributed by atoms with Gasteiger partial charge in [-0.1, -0.05) is 53.5 Å². The van der Waals surface area contributed by atoms with E-state index in [-0.39, 0.29) is 5.91 Å². The molecule has 0 saturated carbocycles. The van der Waals surface area contributed by atoms with Gasteiger partial charge in [-0.05, 0) is 36.2 Å². The molecule has 0 fully saturated rings. The molecule has 0 bridgehead atoms. The van der Waals surface area contributed by atoms with Crippen LogP contribution in [0.2, 0.25) is 10.0 Å². The monoisotopic (exact) mass is 389 g/mol. The number of benzene rings is 2. The number of aromatic nitrogens is 2. The fraction of sp³-hybridized carbons (Fsp3) is 0.158. The van der Waals surface area contributed by atoms with E-state index in [1.165, 1.54) is 0 Å². The molecule has 1 atom stereocenters. The molecule has 0 aliphatic heterocycles. The normalized spacial score (nSPS) is 11.8. The molecule has 0 radical (unpaired) electrons. The first kappa shape index (κ1) is 18.3. The number of hydrogen-bond acceptors (Lipinski definition) is 3. The maximum atomic E-state index is 12.2. The Balaban J connectivity index is 1.55. The molecular formula is C19H17Cl2N3O2. The number of aromatic amines is 1. The van der Waals surface area contributed by atoms with Crippen LogP contribution in [-0.2, 0) is 11.3 Å². The van der Waals surface area contributed by atoms with Crippen LogP contribution in [0.25, 0.3) is 11.3 Å². The Kier molecular flexibility index (Phi) is 5.81. The van der Waals surface area contributed by atoms with Crippen molar-refractivity contribution in [2.75, 3.05) is 0 Å². The highest BCUT2D eigenvalue weighted by atomic mass is 35.5. The molecule has 0 aliphatic carbocycles. The van der Waals surface area contributed by atoms with Crippen molar-refractivity contribution in [2.24, 2.45) is 0 Å². The zero-order valence-electron chi connectivity index (χ0n) is 14.0. The standard InChI is InChI=1S/C19H17Cl2N3O2/c1-12(26-17-4-2-3-15(20)18(17)21)19(25)22-11-13-5-7-14(8-6-13)16-9-10-23-24-16/h2-10,12H,11H2,1H3,(H,22,25)(H,23,24). The molecule has 0 spiro atoms. The van der Waals surface area contributed by atoms with E-state index in [0.29, 0.717) is 22.3 Å². The molecular weight excluding hydrogens is 373 g/mol. The summed E-state index contributed by atoms with van der Waals surface area (Å²) < 4.78 is 5.60. The number of amides is 1. The molecule has 26 heavy (non-hydrogen) atoms. The summed E-state index contributed by atoms with van der Waals surface area (Å²) in [7, 11) is 0. The average molecular weight is 390 g/mol. The van der Waals surface area contributed by atoms with Crippen molar-refractivity contribution in [2.45, 2.75) is 19.6 Å². The van der Waals surface area contributed by atoms with Crippen molar-refractivity contribution in [3.63, 3.8) is 0 Å². The van der Waals surface area contributed by atoms with Crippen molar-refractivity contribution < 1.29 is 9.53 Å². The topological polar surface area (TPSA) is 67.0 Å². The van der Waals surface area contributed by atoms with Gasteiger partial charge in [-0.15, -0.1) is 0 Å². The molecule has 2 N–H and O–H groups in total. The SMILES string of the molecule is CC(Oc1cccc(Cl)c1Cl)C(=O)NCc1ccc(-c2ccn[nH]2)cc1. The van der Waals surface area contributed by atoms with Crippen LogP contribution in [0.1, 0.15) is 12.5 Å². The number of H-pyrrole nitrogens is 1. The van der Waals surface area contributed by atoms with Crippen molar-refractivity contribution in [1.82, 2.24) is 15.5 Å². The lowest BCUT2D eigenvalue weighted by molar-refractivity contribution is -0.127. The van der Waals surface area contributed by atoms with E-state index < -0.39 is 6.10 Å². The third-order valence-corrected chi connectivity index (χ3v) is 4.62. The molecule has 0 aliphatic rings. The van der Waals surface area contributed by atoms with Crippen molar-refractivity contribution in [3.05, 3.63) is 70.3 Å². The van der Waals surface area contributed by atoms with Gasteiger partial charge in [0, 0.05) is 12.7 Å². The summed E-state index contributed by atoms with van der Waals surface area (Å²) in [5.74, 6) is 0.143. The number of nitrogens with zero attached hydrogens (tertiary/aromatic N) is 1. The summed E-state index contributed by atoms with van der Waals surface area (Å²) in [4.78, 5) is 12.2. The first-order chi connectivity index (χ1) is 12.5. The van der Waals surface area contributed by atoms with Crippen molar-refractivity contribution >= 4 is 29.1 Å². The number of carbonyl (C=O) groups is 1. The number of ether oxygens (including phenoxy) is 1. The third kappa shape index (κ3) is 4.36. The lowest BCUT2D eigenvalue weighted by Crippen LogP contribution is -2.35. The van der Waals surface area contributed by atoms with Gasteiger partial charge in [0.25, 0.3) is 5.91 Å². The second-order valence-corrected chi connectivity index (χ2v) is 6.48. The van der Waals surface area contributed by atoms with Gasteiger partial charge in [-0.2, -0.15) is 5.10 Å². The minimum Gasteiger partial charge on any atom is -0.479 e. The van der Waals surface area contributed by atoms with E-state index in [9.17, 15) is 4.79 Å². The lowest BCUT2D eigenvalue weighted by Gasteiger charge is -2.16.